The Morgan fingerprint density at radius 1 is 1.53 bits per heavy atom. The number of carbonyl (C=O) groups is 1. The molecule has 3 N–H and O–H groups in total. The van der Waals surface area contributed by atoms with Crippen molar-refractivity contribution in [2.75, 3.05) is 12.3 Å². The molecule has 96 valence electrons. The van der Waals surface area contributed by atoms with Gasteiger partial charge < -0.3 is 11.1 Å². The summed E-state index contributed by atoms with van der Waals surface area (Å²) >= 11 is 0. The standard InChI is InChI=1S/C12H22N4O/c1-5-12(3,4)8-14-11(17)10-9(13)7-16(6-2)15-10/h7H,5-6,8,13H2,1-4H3,(H,14,17). The monoisotopic (exact) mass is 238 g/mol. The number of rotatable bonds is 5. The number of nitrogens with one attached hydrogen (secondary N) is 1. The van der Waals surface area contributed by atoms with Crippen molar-refractivity contribution in [2.45, 2.75) is 40.7 Å². The minimum atomic E-state index is -0.198. The van der Waals surface area contributed by atoms with Gasteiger partial charge in [-0.15, -0.1) is 0 Å². The molecule has 5 nitrogen and oxygen atoms in total. The summed E-state index contributed by atoms with van der Waals surface area (Å²) in [6, 6.07) is 0. The Kier molecular flexibility index (Phi) is 4.15. The van der Waals surface area contributed by atoms with Gasteiger partial charge in [0.05, 0.1) is 5.69 Å². The molecule has 0 aliphatic carbocycles. The van der Waals surface area contributed by atoms with Gasteiger partial charge in [0.15, 0.2) is 5.69 Å². The van der Waals surface area contributed by atoms with Crippen molar-refractivity contribution < 1.29 is 4.79 Å². The lowest BCUT2D eigenvalue weighted by molar-refractivity contribution is 0.0930. The maximum atomic E-state index is 11.9. The summed E-state index contributed by atoms with van der Waals surface area (Å²) in [6.45, 7) is 9.61. The molecule has 0 radical (unpaired) electrons. The summed E-state index contributed by atoms with van der Waals surface area (Å²) in [7, 11) is 0. The van der Waals surface area contributed by atoms with Crippen LogP contribution in [0.2, 0.25) is 0 Å². The van der Waals surface area contributed by atoms with E-state index in [9.17, 15) is 4.79 Å². The first-order valence-electron chi connectivity index (χ1n) is 6.00. The van der Waals surface area contributed by atoms with E-state index in [1.807, 2.05) is 6.92 Å². The summed E-state index contributed by atoms with van der Waals surface area (Å²) in [5.74, 6) is -0.198. The Hall–Kier alpha value is -1.52. The quantitative estimate of drug-likeness (QED) is 0.819. The Morgan fingerprint density at radius 2 is 2.18 bits per heavy atom. The van der Waals surface area contributed by atoms with Gasteiger partial charge in [-0.25, -0.2) is 0 Å². The predicted molar refractivity (Wildman–Crippen MR) is 68.7 cm³/mol. The molecule has 0 saturated heterocycles. The van der Waals surface area contributed by atoms with Crippen molar-refractivity contribution in [3.8, 4) is 0 Å². The average molecular weight is 238 g/mol. The first-order chi connectivity index (χ1) is 7.89. The third-order valence-electron chi connectivity index (χ3n) is 3.01. The van der Waals surface area contributed by atoms with E-state index in [-0.39, 0.29) is 11.3 Å². The van der Waals surface area contributed by atoms with Crippen LogP contribution in [-0.2, 0) is 6.54 Å². The third-order valence-corrected chi connectivity index (χ3v) is 3.01. The molecular weight excluding hydrogens is 216 g/mol. The van der Waals surface area contributed by atoms with E-state index in [2.05, 4.69) is 31.2 Å². The van der Waals surface area contributed by atoms with Gasteiger partial charge in [0, 0.05) is 19.3 Å². The number of aryl methyl sites for hydroxylation is 1. The first kappa shape index (κ1) is 13.5. The summed E-state index contributed by atoms with van der Waals surface area (Å²) in [6.07, 6.45) is 2.69. The van der Waals surface area contributed by atoms with Crippen LogP contribution in [0.15, 0.2) is 6.20 Å². The highest BCUT2D eigenvalue weighted by molar-refractivity contribution is 5.96. The molecule has 0 aromatic carbocycles. The van der Waals surface area contributed by atoms with Crippen LogP contribution < -0.4 is 11.1 Å². The maximum Gasteiger partial charge on any atom is 0.273 e. The number of anilines is 1. The summed E-state index contributed by atoms with van der Waals surface area (Å²) in [5.41, 5.74) is 6.59. The molecule has 0 atom stereocenters. The Morgan fingerprint density at radius 3 is 2.65 bits per heavy atom. The molecule has 5 heteroatoms. The van der Waals surface area contributed by atoms with Gasteiger partial charge in [0.25, 0.3) is 5.91 Å². The highest BCUT2D eigenvalue weighted by Gasteiger charge is 2.19. The van der Waals surface area contributed by atoms with Crippen molar-refractivity contribution in [3.63, 3.8) is 0 Å². The van der Waals surface area contributed by atoms with Crippen LogP contribution in [-0.4, -0.2) is 22.2 Å². The Labute approximate surface area is 102 Å². The maximum absolute atomic E-state index is 11.9. The van der Waals surface area contributed by atoms with E-state index in [1.165, 1.54) is 0 Å². The fraction of sp³-hybridized carbons (Fsp3) is 0.667. The van der Waals surface area contributed by atoms with Crippen molar-refractivity contribution in [1.29, 1.82) is 0 Å². The van der Waals surface area contributed by atoms with E-state index in [1.54, 1.807) is 10.9 Å². The molecule has 0 spiro atoms. The second kappa shape index (κ2) is 5.21. The molecule has 0 aliphatic heterocycles. The van der Waals surface area contributed by atoms with Crippen LogP contribution in [0.5, 0.6) is 0 Å². The smallest absolute Gasteiger partial charge is 0.273 e. The highest BCUT2D eigenvalue weighted by Crippen LogP contribution is 2.18. The molecule has 1 heterocycles. The zero-order valence-corrected chi connectivity index (χ0v) is 11.1. The summed E-state index contributed by atoms with van der Waals surface area (Å²) in [4.78, 5) is 11.9. The molecule has 1 rings (SSSR count). The lowest BCUT2D eigenvalue weighted by atomic mass is 9.90. The van der Waals surface area contributed by atoms with E-state index in [4.69, 9.17) is 5.73 Å². The number of nitrogens with zero attached hydrogens (tertiary/aromatic N) is 2. The number of amides is 1. The van der Waals surface area contributed by atoms with Crippen LogP contribution in [0.25, 0.3) is 0 Å². The van der Waals surface area contributed by atoms with Gasteiger partial charge in [0.1, 0.15) is 0 Å². The molecule has 17 heavy (non-hydrogen) atoms. The number of hydrogen-bond donors (Lipinski definition) is 2. The van der Waals surface area contributed by atoms with Crippen LogP contribution in [0.4, 0.5) is 5.69 Å². The van der Waals surface area contributed by atoms with Gasteiger partial charge in [-0.05, 0) is 18.8 Å². The van der Waals surface area contributed by atoms with Gasteiger partial charge in [-0.1, -0.05) is 20.8 Å². The van der Waals surface area contributed by atoms with Crippen LogP contribution in [0.1, 0.15) is 44.6 Å². The lowest BCUT2D eigenvalue weighted by Gasteiger charge is -2.22. The van der Waals surface area contributed by atoms with Gasteiger partial charge in [-0.2, -0.15) is 5.10 Å². The van der Waals surface area contributed by atoms with E-state index in [0.717, 1.165) is 6.42 Å². The highest BCUT2D eigenvalue weighted by atomic mass is 16.2. The fourth-order valence-corrected chi connectivity index (χ4v) is 1.30. The minimum absolute atomic E-state index is 0.0950. The molecular formula is C12H22N4O. The van der Waals surface area contributed by atoms with Gasteiger partial charge in [0.2, 0.25) is 0 Å². The first-order valence-corrected chi connectivity index (χ1v) is 6.00. The van der Waals surface area contributed by atoms with Crippen molar-refractivity contribution >= 4 is 11.6 Å². The van der Waals surface area contributed by atoms with Crippen LogP contribution in [0, 0.1) is 5.41 Å². The molecule has 1 aromatic heterocycles. The second-order valence-electron chi connectivity index (χ2n) is 4.99. The number of nitrogens with two attached hydrogens (primary N) is 1. The van der Waals surface area contributed by atoms with E-state index >= 15 is 0 Å². The molecule has 0 aliphatic rings. The molecule has 1 amide bonds. The van der Waals surface area contributed by atoms with Crippen LogP contribution >= 0.6 is 0 Å². The van der Waals surface area contributed by atoms with Crippen molar-refractivity contribution in [1.82, 2.24) is 15.1 Å². The molecule has 0 unspecified atom stereocenters. The predicted octanol–water partition coefficient (Wildman–Crippen LogP) is 1.65. The SMILES string of the molecule is CCn1cc(N)c(C(=O)NCC(C)(C)CC)n1. The van der Waals surface area contributed by atoms with Crippen LogP contribution in [0.3, 0.4) is 0 Å². The summed E-state index contributed by atoms with van der Waals surface area (Å²) in [5, 5.41) is 7.01. The molecule has 1 aromatic rings. The average Bonchev–Trinajstić information content (AvgIpc) is 2.68. The topological polar surface area (TPSA) is 72.9 Å². The number of aromatic nitrogens is 2. The Balaban J connectivity index is 2.67. The normalized spacial score (nSPS) is 11.5. The van der Waals surface area contributed by atoms with Gasteiger partial charge in [-0.3, -0.25) is 9.48 Å². The number of hydrogen-bond acceptors (Lipinski definition) is 3. The third kappa shape index (κ3) is 3.47. The summed E-state index contributed by atoms with van der Waals surface area (Å²) < 4.78 is 1.66. The van der Waals surface area contributed by atoms with E-state index < -0.39 is 0 Å². The molecule has 0 bridgehead atoms. The second-order valence-corrected chi connectivity index (χ2v) is 4.99. The Bertz CT molecular complexity index is 395. The van der Waals surface area contributed by atoms with Crippen molar-refractivity contribution in [3.05, 3.63) is 11.9 Å². The van der Waals surface area contributed by atoms with E-state index in [0.29, 0.717) is 24.5 Å². The number of carbonyl (C=O) groups excluding carboxylic acids is 1. The fourth-order valence-electron chi connectivity index (χ4n) is 1.30. The zero-order chi connectivity index (χ0) is 13.1. The lowest BCUT2D eigenvalue weighted by Crippen LogP contribution is -2.34. The largest absolute Gasteiger partial charge is 0.396 e. The molecule has 0 saturated carbocycles. The zero-order valence-electron chi connectivity index (χ0n) is 11.1. The minimum Gasteiger partial charge on any atom is -0.396 e. The van der Waals surface area contributed by atoms with Gasteiger partial charge >= 0.3 is 0 Å². The molecule has 0 fully saturated rings. The van der Waals surface area contributed by atoms with Crippen molar-refractivity contribution in [2.24, 2.45) is 5.41 Å². The number of nitrogen functional groups attached to an aromatic ring is 1.